The molecular weight excluding hydrogens is 292 g/mol. The van der Waals surface area contributed by atoms with Crippen molar-refractivity contribution in [1.29, 1.82) is 0 Å². The van der Waals surface area contributed by atoms with Crippen molar-refractivity contribution >= 4 is 39.0 Å². The van der Waals surface area contributed by atoms with E-state index in [1.165, 1.54) is 0 Å². The number of benzene rings is 1. The first-order valence-electron chi connectivity index (χ1n) is 3.70. The topological polar surface area (TPSA) is 60.2 Å². The third-order valence-corrected chi connectivity index (χ3v) is 2.69. The smallest absolute Gasteiger partial charge is 0.273 e. The summed E-state index contributed by atoms with van der Waals surface area (Å²) in [6.45, 7) is 0. The molecule has 0 atom stereocenters. The van der Waals surface area contributed by atoms with Gasteiger partial charge >= 0.3 is 0 Å². The van der Waals surface area contributed by atoms with E-state index in [9.17, 15) is 19.3 Å². The molecule has 0 aliphatic carbocycles. The van der Waals surface area contributed by atoms with Gasteiger partial charge in [-0.15, -0.1) is 11.6 Å². The van der Waals surface area contributed by atoms with Gasteiger partial charge in [-0.2, -0.15) is 0 Å². The Balaban J connectivity index is 3.37. The van der Waals surface area contributed by atoms with E-state index in [1.54, 1.807) is 0 Å². The first-order chi connectivity index (χ1) is 6.97. The second-order valence-corrected chi connectivity index (χ2v) is 3.66. The molecule has 1 rings (SSSR count). The second-order valence-electron chi connectivity index (χ2n) is 2.60. The number of hydrogen-bond donors (Lipinski definition) is 0. The molecule has 0 amide bonds. The van der Waals surface area contributed by atoms with Gasteiger partial charge in [-0.3, -0.25) is 14.9 Å². The third kappa shape index (κ3) is 2.51. The number of nitro groups is 1. The number of hydrogen-bond acceptors (Lipinski definition) is 3. The third-order valence-electron chi connectivity index (χ3n) is 1.65. The van der Waals surface area contributed by atoms with Crippen molar-refractivity contribution in [1.82, 2.24) is 0 Å². The van der Waals surface area contributed by atoms with Crippen LogP contribution in [0.4, 0.5) is 10.1 Å². The molecule has 0 aromatic heterocycles. The predicted octanol–water partition coefficient (Wildman–Crippen LogP) is 2.92. The summed E-state index contributed by atoms with van der Waals surface area (Å²) < 4.78 is 13.0. The van der Waals surface area contributed by atoms with Crippen LogP contribution in [0.15, 0.2) is 16.6 Å². The molecule has 0 fully saturated rings. The van der Waals surface area contributed by atoms with Crippen molar-refractivity contribution in [3.05, 3.63) is 38.1 Å². The van der Waals surface area contributed by atoms with Crippen LogP contribution in [0, 0.1) is 15.9 Å². The molecule has 0 saturated carbocycles. The van der Waals surface area contributed by atoms with Crippen LogP contribution in [0.2, 0.25) is 0 Å². The number of rotatable bonds is 3. The van der Waals surface area contributed by atoms with Crippen LogP contribution < -0.4 is 0 Å². The van der Waals surface area contributed by atoms with Gasteiger partial charge in [-0.1, -0.05) is 0 Å². The summed E-state index contributed by atoms with van der Waals surface area (Å²) in [5.41, 5.74) is -0.610. The number of nitro benzene ring substituents is 1. The van der Waals surface area contributed by atoms with Crippen LogP contribution >= 0.6 is 27.5 Å². The molecular formula is C8H4BrClFNO3. The van der Waals surface area contributed by atoms with E-state index in [4.69, 9.17) is 11.6 Å². The van der Waals surface area contributed by atoms with Crippen LogP contribution in [0.25, 0.3) is 0 Å². The largest absolute Gasteiger partial charge is 0.293 e. The lowest BCUT2D eigenvalue weighted by atomic mass is 10.1. The molecule has 1 aromatic rings. The summed E-state index contributed by atoms with van der Waals surface area (Å²) >= 11 is 8.11. The second kappa shape index (κ2) is 4.67. The minimum absolute atomic E-state index is 0.112. The van der Waals surface area contributed by atoms with E-state index in [1.807, 2.05) is 0 Å². The molecule has 0 aliphatic heterocycles. The number of carbonyl (C=O) groups is 1. The van der Waals surface area contributed by atoms with Gasteiger partial charge in [0.15, 0.2) is 5.78 Å². The summed E-state index contributed by atoms with van der Waals surface area (Å²) in [5.74, 6) is -1.80. The Morgan fingerprint density at radius 2 is 2.20 bits per heavy atom. The van der Waals surface area contributed by atoms with Crippen molar-refractivity contribution in [3.8, 4) is 0 Å². The fraction of sp³-hybridized carbons (Fsp3) is 0.125. The lowest BCUT2D eigenvalue weighted by Crippen LogP contribution is -2.04. The Morgan fingerprint density at radius 3 is 2.67 bits per heavy atom. The number of carbonyl (C=O) groups excluding carboxylic acids is 1. The number of halogens is 3. The SMILES string of the molecule is O=C(CCl)c1cc([N+](=O)[O-])cc(F)c1Br. The molecule has 0 aliphatic rings. The highest BCUT2D eigenvalue weighted by molar-refractivity contribution is 9.10. The highest BCUT2D eigenvalue weighted by Gasteiger charge is 2.19. The average Bonchev–Trinajstić information content (AvgIpc) is 2.20. The van der Waals surface area contributed by atoms with Gasteiger partial charge < -0.3 is 0 Å². The van der Waals surface area contributed by atoms with Gasteiger partial charge in [0.05, 0.1) is 21.3 Å². The van der Waals surface area contributed by atoms with Crippen LogP contribution in [-0.4, -0.2) is 16.6 Å². The summed E-state index contributed by atoms with van der Waals surface area (Å²) in [7, 11) is 0. The summed E-state index contributed by atoms with van der Waals surface area (Å²) in [6, 6.07) is 1.72. The van der Waals surface area contributed by atoms with E-state index >= 15 is 0 Å². The Morgan fingerprint density at radius 1 is 1.60 bits per heavy atom. The molecule has 0 bridgehead atoms. The van der Waals surface area contributed by atoms with Crippen molar-refractivity contribution in [2.24, 2.45) is 0 Å². The summed E-state index contributed by atoms with van der Waals surface area (Å²) in [6.07, 6.45) is 0. The summed E-state index contributed by atoms with van der Waals surface area (Å²) in [5, 5.41) is 10.4. The highest BCUT2D eigenvalue weighted by Crippen LogP contribution is 2.26. The van der Waals surface area contributed by atoms with E-state index in [0.29, 0.717) is 0 Å². The molecule has 0 radical (unpaired) electrons. The van der Waals surface area contributed by atoms with Gasteiger partial charge in [0.25, 0.3) is 5.69 Å². The van der Waals surface area contributed by atoms with Gasteiger partial charge in [-0.25, -0.2) is 4.39 Å². The number of alkyl halides is 1. The Bertz CT molecular complexity index is 438. The lowest BCUT2D eigenvalue weighted by Gasteiger charge is -2.02. The van der Waals surface area contributed by atoms with E-state index in [2.05, 4.69) is 15.9 Å². The van der Waals surface area contributed by atoms with E-state index < -0.39 is 22.2 Å². The Labute approximate surface area is 97.3 Å². The zero-order valence-electron chi connectivity index (χ0n) is 7.17. The minimum Gasteiger partial charge on any atom is -0.293 e. The monoisotopic (exact) mass is 295 g/mol. The number of non-ortho nitro benzene ring substituents is 1. The van der Waals surface area contributed by atoms with Crippen LogP contribution in [0.5, 0.6) is 0 Å². The number of ketones is 1. The fourth-order valence-electron chi connectivity index (χ4n) is 0.955. The molecule has 4 nitrogen and oxygen atoms in total. The lowest BCUT2D eigenvalue weighted by molar-refractivity contribution is -0.385. The van der Waals surface area contributed by atoms with Crippen LogP contribution in [0.3, 0.4) is 0 Å². The zero-order chi connectivity index (χ0) is 11.6. The first kappa shape index (κ1) is 12.1. The quantitative estimate of drug-likeness (QED) is 0.373. The maximum Gasteiger partial charge on any atom is 0.273 e. The molecule has 15 heavy (non-hydrogen) atoms. The number of Topliss-reactive ketones (excluding diaryl/α,β-unsaturated/α-hetero) is 1. The molecule has 0 unspecified atom stereocenters. The maximum atomic E-state index is 13.2. The Kier molecular flexibility index (Phi) is 3.76. The number of nitrogens with zero attached hydrogens (tertiary/aromatic N) is 1. The van der Waals surface area contributed by atoms with E-state index in [0.717, 1.165) is 12.1 Å². The predicted molar refractivity (Wildman–Crippen MR) is 55.8 cm³/mol. The zero-order valence-corrected chi connectivity index (χ0v) is 9.51. The molecule has 1 aromatic carbocycles. The van der Waals surface area contributed by atoms with Gasteiger partial charge in [0.2, 0.25) is 0 Å². The maximum absolute atomic E-state index is 13.2. The summed E-state index contributed by atoms with van der Waals surface area (Å²) in [4.78, 5) is 20.8. The van der Waals surface area contributed by atoms with Crippen molar-refractivity contribution in [3.63, 3.8) is 0 Å². The first-order valence-corrected chi connectivity index (χ1v) is 5.02. The molecule has 0 saturated heterocycles. The standard InChI is InChI=1S/C8H4BrClFNO3/c9-8-5(7(13)3-10)1-4(12(14)15)2-6(8)11/h1-2H,3H2. The van der Waals surface area contributed by atoms with Crippen molar-refractivity contribution < 1.29 is 14.1 Å². The Hall–Kier alpha value is -1.01. The van der Waals surface area contributed by atoms with Crippen LogP contribution in [-0.2, 0) is 0 Å². The molecule has 0 N–H and O–H groups in total. The van der Waals surface area contributed by atoms with Crippen molar-refractivity contribution in [2.45, 2.75) is 0 Å². The van der Waals surface area contributed by atoms with Crippen molar-refractivity contribution in [2.75, 3.05) is 5.88 Å². The minimum atomic E-state index is -0.863. The van der Waals surface area contributed by atoms with Gasteiger partial charge in [-0.05, 0) is 15.9 Å². The molecule has 80 valence electrons. The fourth-order valence-corrected chi connectivity index (χ4v) is 1.55. The molecule has 0 heterocycles. The molecule has 0 spiro atoms. The molecule has 7 heteroatoms. The average molecular weight is 296 g/mol. The van der Waals surface area contributed by atoms with Crippen LogP contribution in [0.1, 0.15) is 10.4 Å². The normalized spacial score (nSPS) is 10.1. The van der Waals surface area contributed by atoms with Gasteiger partial charge in [0, 0.05) is 11.6 Å². The highest BCUT2D eigenvalue weighted by atomic mass is 79.9. The van der Waals surface area contributed by atoms with E-state index in [-0.39, 0.29) is 15.9 Å². The van der Waals surface area contributed by atoms with Gasteiger partial charge in [0.1, 0.15) is 5.82 Å².